The lowest BCUT2D eigenvalue weighted by molar-refractivity contribution is -0.114. The number of carbonyl (C=O) groups is 1. The molecule has 3 nitrogen and oxygen atoms in total. The number of hydrogen-bond donors (Lipinski definition) is 0. The lowest BCUT2D eigenvalue weighted by Crippen LogP contribution is -2.47. The summed E-state index contributed by atoms with van der Waals surface area (Å²) < 4.78 is 39.4. The monoisotopic (exact) mass is 375 g/mol. The van der Waals surface area contributed by atoms with Crippen LogP contribution in [0, 0.1) is 0 Å². The van der Waals surface area contributed by atoms with Gasteiger partial charge in [-0.1, -0.05) is 55.0 Å². The molecular formula is C22H27ClN2O. The number of para-hydroxylation sites is 1. The van der Waals surface area contributed by atoms with Crippen molar-refractivity contribution in [2.24, 2.45) is 0 Å². The molecule has 0 aromatic heterocycles. The van der Waals surface area contributed by atoms with E-state index in [1.807, 2.05) is 30.3 Å². The van der Waals surface area contributed by atoms with Crippen LogP contribution in [0.4, 0.5) is 5.69 Å². The highest BCUT2D eigenvalue weighted by atomic mass is 35.5. The predicted molar refractivity (Wildman–Crippen MR) is 111 cm³/mol. The SMILES string of the molecule is Cl.[2H]c1c([2H])c([2H])c(CCN2CCC(N(C(=O)C=C)c3ccccc3)CC2)c([2H])c1[2H]. The topological polar surface area (TPSA) is 23.6 Å². The number of halogens is 1. The molecule has 1 aliphatic heterocycles. The highest BCUT2D eigenvalue weighted by molar-refractivity contribution is 6.01. The average molecular weight is 376 g/mol. The molecule has 1 heterocycles. The maximum atomic E-state index is 12.5. The van der Waals surface area contributed by atoms with Crippen LogP contribution < -0.4 is 4.90 Å². The molecule has 0 saturated carbocycles. The number of anilines is 1. The highest BCUT2D eigenvalue weighted by Gasteiger charge is 2.27. The molecule has 138 valence electrons. The quantitative estimate of drug-likeness (QED) is 0.701. The second kappa shape index (κ2) is 10.1. The van der Waals surface area contributed by atoms with Gasteiger partial charge in [-0.2, -0.15) is 0 Å². The van der Waals surface area contributed by atoms with Crippen molar-refractivity contribution in [1.29, 1.82) is 0 Å². The number of rotatable bonds is 6. The van der Waals surface area contributed by atoms with E-state index in [4.69, 9.17) is 6.85 Å². The number of hydrogen-bond acceptors (Lipinski definition) is 2. The number of benzene rings is 2. The maximum Gasteiger partial charge on any atom is 0.250 e. The molecule has 0 radical (unpaired) electrons. The Hall–Kier alpha value is -2.10. The third-order valence-electron chi connectivity index (χ3n) is 4.60. The van der Waals surface area contributed by atoms with Crippen LogP contribution in [-0.4, -0.2) is 36.5 Å². The summed E-state index contributed by atoms with van der Waals surface area (Å²) in [5.74, 6) is -0.112. The maximum absolute atomic E-state index is 12.5. The van der Waals surface area contributed by atoms with Gasteiger partial charge in [-0.3, -0.25) is 4.79 Å². The molecule has 1 fully saturated rings. The van der Waals surface area contributed by atoms with Crippen LogP contribution in [0.2, 0.25) is 0 Å². The summed E-state index contributed by atoms with van der Waals surface area (Å²) in [6.45, 7) is 5.80. The molecule has 0 aliphatic carbocycles. The van der Waals surface area contributed by atoms with Gasteiger partial charge in [-0.25, -0.2) is 0 Å². The number of carbonyl (C=O) groups excluding carboxylic acids is 1. The molecule has 0 atom stereocenters. The van der Waals surface area contributed by atoms with E-state index in [0.29, 0.717) is 18.5 Å². The van der Waals surface area contributed by atoms with Gasteiger partial charge in [0, 0.05) is 31.4 Å². The largest absolute Gasteiger partial charge is 0.306 e. The fourth-order valence-electron chi connectivity index (χ4n) is 3.28. The van der Waals surface area contributed by atoms with E-state index in [9.17, 15) is 4.79 Å². The third kappa shape index (κ3) is 5.20. The Morgan fingerprint density at radius 1 is 1.19 bits per heavy atom. The second-order valence-electron chi connectivity index (χ2n) is 6.17. The van der Waals surface area contributed by atoms with Crippen molar-refractivity contribution in [2.45, 2.75) is 25.3 Å². The number of nitrogens with zero attached hydrogens (tertiary/aromatic N) is 2. The van der Waals surface area contributed by atoms with Crippen LogP contribution in [0.1, 0.15) is 25.3 Å². The van der Waals surface area contributed by atoms with E-state index in [1.165, 1.54) is 6.08 Å². The smallest absolute Gasteiger partial charge is 0.250 e. The molecular weight excluding hydrogens is 344 g/mol. The molecule has 2 aromatic carbocycles. The first-order valence-electron chi connectivity index (χ1n) is 11.1. The molecule has 1 aliphatic rings. The Morgan fingerprint density at radius 3 is 2.46 bits per heavy atom. The van der Waals surface area contributed by atoms with Crippen molar-refractivity contribution in [1.82, 2.24) is 4.90 Å². The molecule has 1 amide bonds. The fourth-order valence-corrected chi connectivity index (χ4v) is 3.28. The summed E-state index contributed by atoms with van der Waals surface area (Å²) in [6.07, 6.45) is 3.34. The van der Waals surface area contributed by atoms with Crippen molar-refractivity contribution >= 4 is 24.0 Å². The minimum atomic E-state index is -0.359. The minimum Gasteiger partial charge on any atom is -0.306 e. The first kappa shape index (κ1) is 14.0. The number of piperidine rings is 1. The van der Waals surface area contributed by atoms with Gasteiger partial charge in [0.2, 0.25) is 0 Å². The molecule has 2 aromatic rings. The van der Waals surface area contributed by atoms with E-state index < -0.39 is 0 Å². The average Bonchev–Trinajstić information content (AvgIpc) is 2.78. The zero-order chi connectivity index (χ0) is 21.8. The zero-order valence-electron chi connectivity index (χ0n) is 19.7. The highest BCUT2D eigenvalue weighted by Crippen LogP contribution is 2.24. The van der Waals surface area contributed by atoms with Crippen molar-refractivity contribution in [3.8, 4) is 0 Å². The van der Waals surface area contributed by atoms with Crippen molar-refractivity contribution < 1.29 is 11.6 Å². The molecule has 26 heavy (non-hydrogen) atoms. The van der Waals surface area contributed by atoms with E-state index in [1.54, 1.807) is 4.90 Å². The lowest BCUT2D eigenvalue weighted by atomic mass is 10.0. The third-order valence-corrected chi connectivity index (χ3v) is 4.60. The number of likely N-dealkylation sites (tertiary alicyclic amines) is 1. The second-order valence-corrected chi connectivity index (χ2v) is 6.17. The van der Waals surface area contributed by atoms with Crippen LogP contribution in [0.3, 0.4) is 0 Å². The van der Waals surface area contributed by atoms with Crippen LogP contribution in [0.25, 0.3) is 0 Å². The summed E-state index contributed by atoms with van der Waals surface area (Å²) in [4.78, 5) is 16.5. The summed E-state index contributed by atoms with van der Waals surface area (Å²) in [7, 11) is 0. The van der Waals surface area contributed by atoms with Crippen LogP contribution in [0.5, 0.6) is 0 Å². The number of amides is 1. The van der Waals surface area contributed by atoms with Gasteiger partial charge in [0.1, 0.15) is 0 Å². The van der Waals surface area contributed by atoms with Gasteiger partial charge < -0.3 is 9.80 Å². The molecule has 0 bridgehead atoms. The lowest BCUT2D eigenvalue weighted by Gasteiger charge is -2.38. The van der Waals surface area contributed by atoms with Gasteiger partial charge in [0.05, 0.1) is 6.85 Å². The van der Waals surface area contributed by atoms with Gasteiger partial charge in [-0.15, -0.1) is 12.4 Å². The van der Waals surface area contributed by atoms with Crippen LogP contribution in [0.15, 0.2) is 73.2 Å². The predicted octanol–water partition coefficient (Wildman–Crippen LogP) is 4.33. The zero-order valence-corrected chi connectivity index (χ0v) is 15.5. The molecule has 0 spiro atoms. The Kier molecular flexibility index (Phi) is 5.47. The Labute approximate surface area is 169 Å². The fraction of sp³-hybridized carbons (Fsp3) is 0.318. The summed E-state index contributed by atoms with van der Waals surface area (Å²) in [5, 5.41) is 0. The Balaban J connectivity index is 0.00000341. The van der Waals surface area contributed by atoms with Gasteiger partial charge in [0.25, 0.3) is 5.91 Å². The van der Waals surface area contributed by atoms with E-state index in [2.05, 4.69) is 11.5 Å². The van der Waals surface area contributed by atoms with E-state index in [-0.39, 0.29) is 54.6 Å². The van der Waals surface area contributed by atoms with Gasteiger partial charge in [0.15, 0.2) is 0 Å². The van der Waals surface area contributed by atoms with Crippen molar-refractivity contribution in [3.05, 3.63) is 78.8 Å². The van der Waals surface area contributed by atoms with Gasteiger partial charge in [-0.05, 0) is 43.0 Å². The van der Waals surface area contributed by atoms with Crippen LogP contribution in [-0.2, 0) is 11.2 Å². The molecule has 1 saturated heterocycles. The summed E-state index contributed by atoms with van der Waals surface area (Å²) in [6, 6.07) is 8.49. The molecule has 4 heteroatoms. The van der Waals surface area contributed by atoms with Gasteiger partial charge >= 0.3 is 0 Å². The Bertz CT molecular complexity index is 904. The standard InChI is InChI=1S/C22H26N2O.ClH/c1-2-22(25)24(20-11-7-4-8-12-20)21-14-17-23(18-15-21)16-13-19-9-5-3-6-10-19;/h2-12,21H,1,13-18H2;1H/i3D,5D,6D,9D,10D;. The van der Waals surface area contributed by atoms with Crippen LogP contribution >= 0.6 is 12.4 Å². The minimum absolute atomic E-state index is 0. The first-order valence-corrected chi connectivity index (χ1v) is 8.64. The molecule has 0 N–H and O–H groups in total. The van der Waals surface area contributed by atoms with Crippen molar-refractivity contribution in [2.75, 3.05) is 24.5 Å². The summed E-state index contributed by atoms with van der Waals surface area (Å²) >= 11 is 0. The summed E-state index contributed by atoms with van der Waals surface area (Å²) in [5.41, 5.74) is 1.22. The van der Waals surface area contributed by atoms with E-state index in [0.717, 1.165) is 31.6 Å². The van der Waals surface area contributed by atoms with Crippen molar-refractivity contribution in [3.63, 3.8) is 0 Å². The van der Waals surface area contributed by atoms with E-state index >= 15 is 0 Å². The molecule has 3 rings (SSSR count). The molecule has 0 unspecified atom stereocenters. The normalized spacial score (nSPS) is 17.8. The first-order chi connectivity index (χ1) is 14.3. The Morgan fingerprint density at radius 2 is 1.85 bits per heavy atom.